The Kier molecular flexibility index (Phi) is 3.76. The van der Waals surface area contributed by atoms with Gasteiger partial charge in [-0.25, -0.2) is 0 Å². The van der Waals surface area contributed by atoms with E-state index >= 15 is 0 Å². The van der Waals surface area contributed by atoms with Gasteiger partial charge in [-0.05, 0) is 24.4 Å². The van der Waals surface area contributed by atoms with Gasteiger partial charge in [0, 0.05) is 6.21 Å². The van der Waals surface area contributed by atoms with Crippen molar-refractivity contribution in [2.45, 2.75) is 0 Å². The van der Waals surface area contributed by atoms with Crippen molar-refractivity contribution in [2.24, 2.45) is 4.99 Å². The Labute approximate surface area is 113 Å². The molecule has 1 aromatic carbocycles. The van der Waals surface area contributed by atoms with Crippen LogP contribution in [0.4, 0.5) is 5.69 Å². The summed E-state index contributed by atoms with van der Waals surface area (Å²) in [6, 6.07) is 7.07. The molecule has 0 saturated carbocycles. The van der Waals surface area contributed by atoms with Crippen LogP contribution in [0.3, 0.4) is 0 Å². The Morgan fingerprint density at radius 1 is 1.37 bits per heavy atom. The molecule has 0 aliphatic heterocycles. The minimum absolute atomic E-state index is 0.000457. The van der Waals surface area contributed by atoms with E-state index in [4.69, 9.17) is 17.0 Å². The molecule has 0 spiro atoms. The number of aromatic amines is 2. The van der Waals surface area contributed by atoms with Crippen molar-refractivity contribution < 1.29 is 9.84 Å². The number of benzene rings is 1. The third-order valence-electron chi connectivity index (χ3n) is 2.38. The highest BCUT2D eigenvalue weighted by atomic mass is 32.1. The minimum atomic E-state index is -0.514. The van der Waals surface area contributed by atoms with Crippen LogP contribution >= 0.6 is 12.2 Å². The Bertz CT molecular complexity index is 733. The molecule has 0 radical (unpaired) electrons. The van der Waals surface area contributed by atoms with Gasteiger partial charge < -0.3 is 14.8 Å². The van der Waals surface area contributed by atoms with Gasteiger partial charge in [0.05, 0.1) is 7.11 Å². The molecule has 1 aromatic heterocycles. The normalized spacial score (nSPS) is 10.8. The molecule has 2 rings (SSSR count). The number of hydrogen-bond acceptors (Lipinski definition) is 5. The first-order valence-corrected chi connectivity index (χ1v) is 5.75. The predicted molar refractivity (Wildman–Crippen MR) is 74.2 cm³/mol. The fourth-order valence-electron chi connectivity index (χ4n) is 1.47. The second-order valence-electron chi connectivity index (χ2n) is 3.60. The van der Waals surface area contributed by atoms with Gasteiger partial charge in [-0.2, -0.15) is 0 Å². The van der Waals surface area contributed by atoms with E-state index in [2.05, 4.69) is 15.0 Å². The number of nitrogens with zero attached hydrogens (tertiary/aromatic N) is 1. The third-order valence-corrected chi connectivity index (χ3v) is 2.58. The van der Waals surface area contributed by atoms with E-state index < -0.39 is 5.56 Å². The summed E-state index contributed by atoms with van der Waals surface area (Å²) in [7, 11) is 1.53. The maximum absolute atomic E-state index is 11.6. The molecule has 6 nitrogen and oxygen atoms in total. The Morgan fingerprint density at radius 3 is 2.79 bits per heavy atom. The number of aliphatic imine (C=N–C) groups is 1. The lowest BCUT2D eigenvalue weighted by atomic mass is 10.3. The molecule has 0 bridgehead atoms. The van der Waals surface area contributed by atoms with Crippen molar-refractivity contribution in [1.82, 2.24) is 9.97 Å². The fraction of sp³-hybridized carbons (Fsp3) is 0.0833. The minimum Gasteiger partial charge on any atom is -0.494 e. The standard InChI is InChI=1S/C12H11N3O3S/c1-18-9-5-3-2-4-8(9)13-6-7-10(16)14-12(19)15-11(7)17/h2-6H,1H3,(H3,14,15,16,17,19). The second kappa shape index (κ2) is 5.49. The molecule has 98 valence electrons. The number of methoxy groups -OCH3 is 1. The van der Waals surface area contributed by atoms with E-state index in [9.17, 15) is 9.90 Å². The van der Waals surface area contributed by atoms with Gasteiger partial charge in [-0.1, -0.05) is 12.1 Å². The summed E-state index contributed by atoms with van der Waals surface area (Å²) in [5.41, 5.74) is 0.0330. The number of para-hydroxylation sites is 2. The average molecular weight is 277 g/mol. The van der Waals surface area contributed by atoms with Gasteiger partial charge in [-0.3, -0.25) is 14.8 Å². The largest absolute Gasteiger partial charge is 0.494 e. The van der Waals surface area contributed by atoms with E-state index in [0.29, 0.717) is 11.4 Å². The number of aromatic nitrogens is 2. The number of aromatic hydroxyl groups is 1. The molecule has 1 heterocycles. The lowest BCUT2D eigenvalue weighted by Crippen LogP contribution is -2.13. The first-order chi connectivity index (χ1) is 9.11. The molecular weight excluding hydrogens is 266 g/mol. The van der Waals surface area contributed by atoms with Crippen molar-refractivity contribution in [2.75, 3.05) is 7.11 Å². The molecule has 0 aliphatic rings. The summed E-state index contributed by atoms with van der Waals surface area (Å²) in [6.07, 6.45) is 1.25. The van der Waals surface area contributed by atoms with Gasteiger partial charge in [0.1, 0.15) is 17.0 Å². The maximum atomic E-state index is 11.6. The SMILES string of the molecule is COc1ccccc1N=Cc1c(O)[nH]c(=S)[nH]c1=O. The van der Waals surface area contributed by atoms with E-state index in [-0.39, 0.29) is 16.2 Å². The fourth-order valence-corrected chi connectivity index (χ4v) is 1.66. The quantitative estimate of drug-likeness (QED) is 0.590. The van der Waals surface area contributed by atoms with E-state index in [1.165, 1.54) is 13.3 Å². The zero-order valence-electron chi connectivity index (χ0n) is 10.0. The van der Waals surface area contributed by atoms with E-state index in [1.54, 1.807) is 18.2 Å². The third kappa shape index (κ3) is 2.89. The lowest BCUT2D eigenvalue weighted by Gasteiger charge is -2.02. The lowest BCUT2D eigenvalue weighted by molar-refractivity contribution is 0.416. The summed E-state index contributed by atoms with van der Waals surface area (Å²) in [5, 5.41) is 9.61. The molecule has 19 heavy (non-hydrogen) atoms. The highest BCUT2D eigenvalue weighted by Gasteiger charge is 2.05. The molecule has 0 atom stereocenters. The average Bonchev–Trinajstić information content (AvgIpc) is 2.38. The summed E-state index contributed by atoms with van der Waals surface area (Å²) >= 11 is 4.73. The Morgan fingerprint density at radius 2 is 2.11 bits per heavy atom. The summed E-state index contributed by atoms with van der Waals surface area (Å²) < 4.78 is 5.18. The summed E-state index contributed by atoms with van der Waals surface area (Å²) in [4.78, 5) is 20.5. The van der Waals surface area contributed by atoms with E-state index in [0.717, 1.165) is 0 Å². The van der Waals surface area contributed by atoms with Crippen molar-refractivity contribution in [3.8, 4) is 11.6 Å². The molecule has 0 unspecified atom stereocenters. The molecule has 0 saturated heterocycles. The van der Waals surface area contributed by atoms with E-state index in [1.807, 2.05) is 6.07 Å². The van der Waals surface area contributed by atoms with Crippen LogP contribution in [0.1, 0.15) is 5.56 Å². The zero-order valence-corrected chi connectivity index (χ0v) is 10.8. The molecule has 0 amide bonds. The molecule has 2 aromatic rings. The van der Waals surface area contributed by atoms with Crippen LogP contribution in [-0.4, -0.2) is 28.4 Å². The van der Waals surface area contributed by atoms with Crippen molar-refractivity contribution in [3.05, 3.63) is 45.0 Å². The highest BCUT2D eigenvalue weighted by Crippen LogP contribution is 2.26. The number of ether oxygens (including phenoxy) is 1. The molecule has 0 fully saturated rings. The van der Waals surface area contributed by atoms with Crippen LogP contribution in [0.25, 0.3) is 0 Å². The first-order valence-electron chi connectivity index (χ1n) is 5.34. The summed E-state index contributed by atoms with van der Waals surface area (Å²) in [6.45, 7) is 0. The summed E-state index contributed by atoms with van der Waals surface area (Å²) in [5.74, 6) is 0.242. The predicted octanol–water partition coefficient (Wildman–Crippen LogP) is 1.90. The zero-order chi connectivity index (χ0) is 13.8. The van der Waals surface area contributed by atoms with Crippen LogP contribution < -0.4 is 10.3 Å². The Hall–Kier alpha value is -2.41. The monoisotopic (exact) mass is 277 g/mol. The number of rotatable bonds is 3. The first kappa shape index (κ1) is 13.0. The molecule has 0 aliphatic carbocycles. The smallest absolute Gasteiger partial charge is 0.264 e. The highest BCUT2D eigenvalue weighted by molar-refractivity contribution is 7.71. The van der Waals surface area contributed by atoms with Gasteiger partial charge in [0.15, 0.2) is 4.77 Å². The van der Waals surface area contributed by atoms with Crippen LogP contribution in [0, 0.1) is 4.77 Å². The second-order valence-corrected chi connectivity index (χ2v) is 4.01. The van der Waals surface area contributed by atoms with Crippen LogP contribution in [0.2, 0.25) is 0 Å². The van der Waals surface area contributed by atoms with Gasteiger partial charge >= 0.3 is 0 Å². The molecular formula is C12H11N3O3S. The number of hydrogen-bond donors (Lipinski definition) is 3. The van der Waals surface area contributed by atoms with Gasteiger partial charge in [0.2, 0.25) is 5.88 Å². The van der Waals surface area contributed by atoms with Crippen LogP contribution in [0.5, 0.6) is 11.6 Å². The topological polar surface area (TPSA) is 90.5 Å². The van der Waals surface area contributed by atoms with Crippen molar-refractivity contribution >= 4 is 24.1 Å². The van der Waals surface area contributed by atoms with Crippen LogP contribution in [-0.2, 0) is 0 Å². The molecule has 7 heteroatoms. The Balaban J connectivity index is 2.44. The van der Waals surface area contributed by atoms with Gasteiger partial charge in [-0.15, -0.1) is 0 Å². The van der Waals surface area contributed by atoms with Crippen molar-refractivity contribution in [3.63, 3.8) is 0 Å². The number of nitrogens with one attached hydrogen (secondary N) is 2. The van der Waals surface area contributed by atoms with Gasteiger partial charge in [0.25, 0.3) is 5.56 Å². The van der Waals surface area contributed by atoms with Crippen molar-refractivity contribution in [1.29, 1.82) is 0 Å². The van der Waals surface area contributed by atoms with Crippen LogP contribution in [0.15, 0.2) is 34.1 Å². The molecule has 3 N–H and O–H groups in total. The maximum Gasteiger partial charge on any atom is 0.264 e. The number of H-pyrrole nitrogens is 2.